The largest absolute Gasteiger partial charge is 0.481 e. The molecule has 0 spiro atoms. The van der Waals surface area contributed by atoms with Gasteiger partial charge in [-0.3, -0.25) is 9.59 Å². The van der Waals surface area contributed by atoms with Crippen molar-refractivity contribution in [2.45, 2.75) is 27.2 Å². The molecule has 0 amide bonds. The molecular weight excluding hydrogens is 172 g/mol. The monoisotopic (exact) mass is 188 g/mol. The third kappa shape index (κ3) is 3.92. The summed E-state index contributed by atoms with van der Waals surface area (Å²) < 4.78 is 0. The van der Waals surface area contributed by atoms with E-state index >= 15 is 0 Å². The van der Waals surface area contributed by atoms with E-state index in [4.69, 9.17) is 10.2 Å². The molecule has 0 rings (SSSR count). The minimum absolute atomic E-state index is 0.197. The van der Waals surface area contributed by atoms with Gasteiger partial charge in [-0.25, -0.2) is 0 Å². The summed E-state index contributed by atoms with van der Waals surface area (Å²) in [4.78, 5) is 21.3. The molecule has 0 aliphatic rings. The Bertz CT molecular complexity index is 198. The minimum Gasteiger partial charge on any atom is -0.481 e. The molecule has 0 bridgehead atoms. The first-order valence-corrected chi connectivity index (χ1v) is 4.31. The topological polar surface area (TPSA) is 74.6 Å². The number of carboxylic acids is 2. The Kier molecular flexibility index (Phi) is 4.45. The van der Waals surface area contributed by atoms with Crippen LogP contribution in [-0.2, 0) is 9.59 Å². The van der Waals surface area contributed by atoms with E-state index in [1.807, 2.05) is 13.8 Å². The summed E-state index contributed by atoms with van der Waals surface area (Å²) in [6.07, 6.45) is 0.406. The Morgan fingerprint density at radius 3 is 1.77 bits per heavy atom. The fraction of sp³-hybridized carbons (Fsp3) is 0.778. The van der Waals surface area contributed by atoms with Gasteiger partial charge in [0.2, 0.25) is 0 Å². The molecule has 2 N–H and O–H groups in total. The van der Waals surface area contributed by atoms with Crippen molar-refractivity contribution in [3.05, 3.63) is 0 Å². The van der Waals surface area contributed by atoms with Crippen molar-refractivity contribution in [2.24, 2.45) is 17.8 Å². The smallest absolute Gasteiger partial charge is 0.307 e. The maximum atomic E-state index is 10.7. The molecule has 0 aromatic carbocycles. The van der Waals surface area contributed by atoms with E-state index < -0.39 is 23.8 Å². The summed E-state index contributed by atoms with van der Waals surface area (Å²) in [6, 6.07) is 0. The van der Waals surface area contributed by atoms with Gasteiger partial charge in [0.25, 0.3) is 0 Å². The minimum atomic E-state index is -1.05. The lowest BCUT2D eigenvalue weighted by Crippen LogP contribution is -2.28. The summed E-state index contributed by atoms with van der Waals surface area (Å²) in [5.74, 6) is -3.48. The number of carboxylic acid groups (broad SMARTS) is 2. The van der Waals surface area contributed by atoms with Gasteiger partial charge in [-0.2, -0.15) is 0 Å². The highest BCUT2D eigenvalue weighted by molar-refractivity contribution is 5.79. The summed E-state index contributed by atoms with van der Waals surface area (Å²) in [5, 5.41) is 17.4. The van der Waals surface area contributed by atoms with Crippen LogP contribution in [0.15, 0.2) is 0 Å². The number of carbonyl (C=O) groups is 2. The van der Waals surface area contributed by atoms with Crippen LogP contribution in [0.3, 0.4) is 0 Å². The van der Waals surface area contributed by atoms with Crippen molar-refractivity contribution < 1.29 is 19.8 Å². The highest BCUT2D eigenvalue weighted by Gasteiger charge is 2.30. The van der Waals surface area contributed by atoms with E-state index in [1.165, 1.54) is 6.92 Å². The van der Waals surface area contributed by atoms with Crippen molar-refractivity contribution in [3.8, 4) is 0 Å². The van der Waals surface area contributed by atoms with Crippen molar-refractivity contribution in [1.82, 2.24) is 0 Å². The van der Waals surface area contributed by atoms with Gasteiger partial charge >= 0.3 is 11.9 Å². The van der Waals surface area contributed by atoms with Crippen LogP contribution in [0.4, 0.5) is 0 Å². The van der Waals surface area contributed by atoms with Gasteiger partial charge in [0.1, 0.15) is 0 Å². The second kappa shape index (κ2) is 4.84. The Balaban J connectivity index is 4.42. The highest BCUT2D eigenvalue weighted by atomic mass is 16.4. The molecule has 0 saturated heterocycles. The van der Waals surface area contributed by atoms with Crippen LogP contribution in [0.5, 0.6) is 0 Å². The fourth-order valence-corrected chi connectivity index (χ4v) is 1.20. The Morgan fingerprint density at radius 1 is 1.08 bits per heavy atom. The van der Waals surface area contributed by atoms with Gasteiger partial charge in [-0.15, -0.1) is 0 Å². The van der Waals surface area contributed by atoms with E-state index in [2.05, 4.69) is 0 Å². The predicted octanol–water partition coefficient (Wildman–Crippen LogP) is 1.45. The van der Waals surface area contributed by atoms with Gasteiger partial charge in [0, 0.05) is 0 Å². The number of hydrogen-bond donors (Lipinski definition) is 2. The van der Waals surface area contributed by atoms with E-state index in [1.54, 1.807) is 0 Å². The zero-order chi connectivity index (χ0) is 10.6. The third-order valence-electron chi connectivity index (χ3n) is 2.04. The van der Waals surface area contributed by atoms with E-state index in [9.17, 15) is 9.59 Å². The average molecular weight is 188 g/mol. The van der Waals surface area contributed by atoms with Crippen molar-refractivity contribution in [1.29, 1.82) is 0 Å². The number of aliphatic carboxylic acids is 2. The molecule has 76 valence electrons. The van der Waals surface area contributed by atoms with E-state index in [0.29, 0.717) is 6.42 Å². The number of rotatable bonds is 5. The highest BCUT2D eigenvalue weighted by Crippen LogP contribution is 2.20. The van der Waals surface area contributed by atoms with E-state index in [0.717, 1.165) is 0 Å². The lowest BCUT2D eigenvalue weighted by Gasteiger charge is -2.18. The molecule has 1 unspecified atom stereocenters. The van der Waals surface area contributed by atoms with Gasteiger partial charge in [0.15, 0.2) is 0 Å². The Morgan fingerprint density at radius 2 is 1.54 bits per heavy atom. The lowest BCUT2D eigenvalue weighted by molar-refractivity contribution is -0.153. The van der Waals surface area contributed by atoms with Crippen molar-refractivity contribution >= 4 is 11.9 Å². The van der Waals surface area contributed by atoms with Crippen LogP contribution < -0.4 is 0 Å². The maximum absolute atomic E-state index is 10.7. The molecule has 0 aliphatic carbocycles. The normalized spacial score (nSPS) is 15.4. The zero-order valence-corrected chi connectivity index (χ0v) is 8.15. The summed E-state index contributed by atoms with van der Waals surface area (Å²) >= 11 is 0. The van der Waals surface area contributed by atoms with Gasteiger partial charge in [-0.1, -0.05) is 20.8 Å². The molecule has 2 atom stereocenters. The zero-order valence-electron chi connectivity index (χ0n) is 8.15. The first kappa shape index (κ1) is 11.9. The van der Waals surface area contributed by atoms with Crippen LogP contribution in [0.1, 0.15) is 27.2 Å². The summed E-state index contributed by atoms with van der Waals surface area (Å²) in [6.45, 7) is 5.19. The van der Waals surface area contributed by atoms with Gasteiger partial charge in [0.05, 0.1) is 11.8 Å². The van der Waals surface area contributed by atoms with Crippen LogP contribution in [-0.4, -0.2) is 22.2 Å². The molecular formula is C9H16O4. The predicted molar refractivity (Wildman–Crippen MR) is 47.4 cm³/mol. The van der Waals surface area contributed by atoms with Crippen LogP contribution in [0.25, 0.3) is 0 Å². The second-order valence-corrected chi connectivity index (χ2v) is 3.70. The van der Waals surface area contributed by atoms with E-state index in [-0.39, 0.29) is 5.92 Å². The molecule has 0 heterocycles. The summed E-state index contributed by atoms with van der Waals surface area (Å²) in [5.41, 5.74) is 0. The van der Waals surface area contributed by atoms with Gasteiger partial charge in [-0.05, 0) is 12.3 Å². The van der Waals surface area contributed by atoms with Crippen LogP contribution >= 0.6 is 0 Å². The quantitative estimate of drug-likeness (QED) is 0.684. The SMILES string of the molecule is CC(C)CC(C(=O)O)[C@H](C)C(=O)O. The second-order valence-electron chi connectivity index (χ2n) is 3.70. The molecule has 4 heteroatoms. The van der Waals surface area contributed by atoms with Gasteiger partial charge < -0.3 is 10.2 Å². The molecule has 0 aromatic heterocycles. The molecule has 4 nitrogen and oxygen atoms in total. The van der Waals surface area contributed by atoms with Crippen LogP contribution in [0, 0.1) is 17.8 Å². The third-order valence-corrected chi connectivity index (χ3v) is 2.04. The molecule has 0 saturated carbocycles. The lowest BCUT2D eigenvalue weighted by atomic mass is 9.87. The number of hydrogen-bond acceptors (Lipinski definition) is 2. The van der Waals surface area contributed by atoms with Crippen molar-refractivity contribution in [2.75, 3.05) is 0 Å². The molecule has 0 aromatic rings. The Hall–Kier alpha value is -1.06. The first-order valence-electron chi connectivity index (χ1n) is 4.31. The Labute approximate surface area is 77.6 Å². The fourth-order valence-electron chi connectivity index (χ4n) is 1.20. The molecule has 13 heavy (non-hydrogen) atoms. The molecule has 0 radical (unpaired) electrons. The first-order chi connectivity index (χ1) is 5.86. The molecule has 0 fully saturated rings. The summed E-state index contributed by atoms with van der Waals surface area (Å²) in [7, 11) is 0. The standard InChI is InChI=1S/C9H16O4/c1-5(2)4-7(9(12)13)6(3)8(10)11/h5-7H,4H2,1-3H3,(H,10,11)(H,12,13)/t6-,7?/m0/s1. The average Bonchev–Trinajstić information content (AvgIpc) is 1.97. The molecule has 0 aliphatic heterocycles. The maximum Gasteiger partial charge on any atom is 0.307 e. The van der Waals surface area contributed by atoms with Crippen molar-refractivity contribution in [3.63, 3.8) is 0 Å². The van der Waals surface area contributed by atoms with Crippen LogP contribution in [0.2, 0.25) is 0 Å².